The van der Waals surface area contributed by atoms with E-state index in [0.717, 1.165) is 41.7 Å². The minimum atomic E-state index is -3.00. The average molecular weight is 504 g/mol. The molecule has 1 aromatic carbocycles. The van der Waals surface area contributed by atoms with Crippen LogP contribution in [0.15, 0.2) is 36.7 Å². The summed E-state index contributed by atoms with van der Waals surface area (Å²) < 4.78 is 52.7. The normalized spacial score (nSPS) is 21.5. The zero-order valence-corrected chi connectivity index (χ0v) is 20.6. The van der Waals surface area contributed by atoms with Crippen molar-refractivity contribution in [1.29, 1.82) is 0 Å². The molecule has 0 aliphatic carbocycles. The van der Waals surface area contributed by atoms with Gasteiger partial charge in [0.15, 0.2) is 0 Å². The van der Waals surface area contributed by atoms with Crippen LogP contribution < -0.4 is 4.74 Å². The number of pyridine rings is 1. The molecule has 1 saturated heterocycles. The summed E-state index contributed by atoms with van der Waals surface area (Å²) in [5, 5.41) is 8.19. The second-order valence-corrected chi connectivity index (χ2v) is 9.93. The number of aromatic nitrogens is 3. The van der Waals surface area contributed by atoms with Crippen LogP contribution in [0.4, 0.5) is 13.2 Å². The minimum absolute atomic E-state index is 0.145. The summed E-state index contributed by atoms with van der Waals surface area (Å²) in [6.45, 7) is 3.37. The number of benzene rings is 1. The Bertz CT molecular complexity index is 1170. The van der Waals surface area contributed by atoms with E-state index in [1.807, 2.05) is 36.1 Å². The van der Waals surface area contributed by atoms with Crippen LogP contribution in [0.1, 0.15) is 29.8 Å². The molecule has 3 aromatic rings. The molecule has 0 radical (unpaired) electrons. The number of methoxy groups -OCH3 is 1. The number of nitrogens with one attached hydrogen (secondary N) is 1. The average Bonchev–Trinajstić information content (AvgIpc) is 3.31. The maximum absolute atomic E-state index is 14.8. The van der Waals surface area contributed by atoms with Crippen molar-refractivity contribution >= 4 is 10.9 Å². The number of hydrogen-bond acceptors (Lipinski definition) is 6. The first-order valence-electron chi connectivity index (χ1n) is 12.3. The van der Waals surface area contributed by atoms with Crippen molar-refractivity contribution < 1.29 is 22.6 Å². The van der Waals surface area contributed by atoms with Gasteiger partial charge in [-0.25, -0.2) is 8.78 Å². The molecule has 0 spiro atoms. The van der Waals surface area contributed by atoms with Gasteiger partial charge >= 0.3 is 0 Å². The maximum Gasteiger partial charge on any atom is 0.283 e. The third kappa shape index (κ3) is 5.07. The number of nitrogens with zero attached hydrogens (tertiary/aromatic N) is 4. The molecule has 36 heavy (non-hydrogen) atoms. The molecule has 2 atom stereocenters. The minimum Gasteiger partial charge on any atom is -0.491 e. The van der Waals surface area contributed by atoms with E-state index in [1.165, 1.54) is 7.11 Å². The summed E-state index contributed by atoms with van der Waals surface area (Å²) in [5.74, 6) is -2.24. The van der Waals surface area contributed by atoms with Gasteiger partial charge in [0.2, 0.25) is 0 Å². The summed E-state index contributed by atoms with van der Waals surface area (Å²) in [4.78, 5) is 8.63. The third-order valence-electron chi connectivity index (χ3n) is 7.20. The Balaban J connectivity index is 1.39. The van der Waals surface area contributed by atoms with E-state index in [4.69, 9.17) is 9.47 Å². The highest BCUT2D eigenvalue weighted by atomic mass is 19.3. The van der Waals surface area contributed by atoms with Crippen LogP contribution in [0.3, 0.4) is 0 Å². The topological polar surface area (TPSA) is 66.5 Å². The summed E-state index contributed by atoms with van der Waals surface area (Å²) in [7, 11) is 1.29. The van der Waals surface area contributed by atoms with E-state index in [0.29, 0.717) is 24.5 Å². The second kappa shape index (κ2) is 10.4. The Morgan fingerprint density at radius 1 is 1.17 bits per heavy atom. The van der Waals surface area contributed by atoms with Gasteiger partial charge in [0.1, 0.15) is 19.0 Å². The van der Waals surface area contributed by atoms with Crippen LogP contribution in [0.2, 0.25) is 0 Å². The summed E-state index contributed by atoms with van der Waals surface area (Å²) in [5.41, 5.74) is 3.67. The number of hydrogen-bond donors (Lipinski definition) is 1. The first-order valence-corrected chi connectivity index (χ1v) is 12.3. The molecule has 1 N–H and O–H groups in total. The van der Waals surface area contributed by atoms with Crippen molar-refractivity contribution in [3.63, 3.8) is 0 Å². The standard InChI is InChI=1S/C26H32F3N5O2/c1-17-9-21-20(4-6-23-22(21)12-31-32-23)25(34(17)15-26(28,29)16-35-2)24-5-3-19(11-30-24)36-8-7-33-13-18(10-27)14-33/h3-6,11-12,17-18,25H,7-10,13-16H2,1-2H3,(H,31,32). The first-order chi connectivity index (χ1) is 17.4. The van der Waals surface area contributed by atoms with E-state index in [2.05, 4.69) is 20.1 Å². The monoisotopic (exact) mass is 503 g/mol. The van der Waals surface area contributed by atoms with Gasteiger partial charge in [-0.1, -0.05) is 6.07 Å². The van der Waals surface area contributed by atoms with Gasteiger partial charge in [0.05, 0.1) is 42.9 Å². The van der Waals surface area contributed by atoms with Crippen molar-refractivity contribution in [1.82, 2.24) is 25.0 Å². The number of ether oxygens (including phenoxy) is 2. The van der Waals surface area contributed by atoms with Crippen molar-refractivity contribution in [3.05, 3.63) is 53.5 Å². The highest BCUT2D eigenvalue weighted by molar-refractivity contribution is 5.83. The molecular weight excluding hydrogens is 471 g/mol. The Kier molecular flexibility index (Phi) is 7.18. The molecule has 1 fully saturated rings. The SMILES string of the molecule is COCC(F)(F)CN1C(C)Cc2c(ccc3[nH]ncc23)C1c1ccc(OCCN2CC(CF)C2)cn1. The van der Waals surface area contributed by atoms with E-state index < -0.39 is 25.1 Å². The fraction of sp³-hybridized carbons (Fsp3) is 0.538. The largest absolute Gasteiger partial charge is 0.491 e. The lowest BCUT2D eigenvalue weighted by Gasteiger charge is -2.43. The predicted octanol–water partition coefficient (Wildman–Crippen LogP) is 3.86. The maximum atomic E-state index is 14.8. The fourth-order valence-corrected chi connectivity index (χ4v) is 5.41. The lowest BCUT2D eigenvalue weighted by molar-refractivity contribution is -0.0963. The van der Waals surface area contributed by atoms with Gasteiger partial charge in [-0.15, -0.1) is 0 Å². The van der Waals surface area contributed by atoms with Crippen LogP contribution in [0.25, 0.3) is 10.9 Å². The molecule has 0 saturated carbocycles. The van der Waals surface area contributed by atoms with Crippen LogP contribution in [-0.2, 0) is 11.2 Å². The molecule has 2 aliphatic heterocycles. The molecule has 2 unspecified atom stereocenters. The van der Waals surface area contributed by atoms with Gasteiger partial charge in [0, 0.05) is 44.1 Å². The van der Waals surface area contributed by atoms with Crippen molar-refractivity contribution in [3.8, 4) is 5.75 Å². The molecule has 10 heteroatoms. The van der Waals surface area contributed by atoms with Crippen LogP contribution in [-0.4, -0.2) is 90.1 Å². The Labute approximate surface area is 208 Å². The van der Waals surface area contributed by atoms with Crippen LogP contribution in [0, 0.1) is 5.92 Å². The molecule has 7 nitrogen and oxygen atoms in total. The second-order valence-electron chi connectivity index (χ2n) is 9.93. The number of H-pyrrole nitrogens is 1. The highest BCUT2D eigenvalue weighted by Crippen LogP contribution is 2.41. The first kappa shape index (κ1) is 25.0. The van der Waals surface area contributed by atoms with Gasteiger partial charge in [0.25, 0.3) is 5.92 Å². The van der Waals surface area contributed by atoms with E-state index in [-0.39, 0.29) is 18.6 Å². The number of halogens is 3. The summed E-state index contributed by atoms with van der Waals surface area (Å²) in [6, 6.07) is 7.02. The quantitative estimate of drug-likeness (QED) is 0.453. The van der Waals surface area contributed by atoms with Gasteiger partial charge in [-0.2, -0.15) is 5.10 Å². The number of likely N-dealkylation sites (tertiary alicyclic amines) is 1. The smallest absolute Gasteiger partial charge is 0.283 e. The van der Waals surface area contributed by atoms with Crippen molar-refractivity contribution in [2.75, 3.05) is 53.2 Å². The molecular formula is C26H32F3N5O2. The lowest BCUT2D eigenvalue weighted by atomic mass is 9.85. The number of rotatable bonds is 10. The van der Waals surface area contributed by atoms with Crippen molar-refractivity contribution in [2.45, 2.75) is 31.4 Å². The molecule has 194 valence electrons. The molecule has 0 bridgehead atoms. The van der Waals surface area contributed by atoms with Gasteiger partial charge in [-0.3, -0.25) is 24.3 Å². The van der Waals surface area contributed by atoms with Crippen LogP contribution in [0.5, 0.6) is 5.75 Å². The highest BCUT2D eigenvalue weighted by Gasteiger charge is 2.41. The Morgan fingerprint density at radius 3 is 2.72 bits per heavy atom. The van der Waals surface area contributed by atoms with E-state index >= 15 is 0 Å². The lowest BCUT2D eigenvalue weighted by Crippen LogP contribution is -2.49. The number of aromatic amines is 1. The summed E-state index contributed by atoms with van der Waals surface area (Å²) in [6.07, 6.45) is 4.08. The summed E-state index contributed by atoms with van der Waals surface area (Å²) >= 11 is 0. The van der Waals surface area contributed by atoms with Gasteiger partial charge in [-0.05, 0) is 42.7 Å². The molecule has 0 amide bonds. The molecule has 4 heterocycles. The Morgan fingerprint density at radius 2 is 2.00 bits per heavy atom. The van der Waals surface area contributed by atoms with E-state index in [1.54, 1.807) is 12.4 Å². The molecule has 5 rings (SSSR count). The van der Waals surface area contributed by atoms with Crippen LogP contribution >= 0.6 is 0 Å². The molecule has 2 aliphatic rings. The van der Waals surface area contributed by atoms with Crippen molar-refractivity contribution in [2.24, 2.45) is 5.92 Å². The van der Waals surface area contributed by atoms with Gasteiger partial charge < -0.3 is 9.47 Å². The zero-order valence-electron chi connectivity index (χ0n) is 20.6. The third-order valence-corrected chi connectivity index (χ3v) is 7.20. The zero-order chi connectivity index (χ0) is 25.3. The number of alkyl halides is 3. The predicted molar refractivity (Wildman–Crippen MR) is 130 cm³/mol. The van der Waals surface area contributed by atoms with E-state index in [9.17, 15) is 13.2 Å². The Hall–Kier alpha value is -2.69. The number of fused-ring (bicyclic) bond motifs is 3. The molecule has 2 aromatic heterocycles. The fourth-order valence-electron chi connectivity index (χ4n) is 5.41.